The number of rotatable bonds is 3. The Bertz CT molecular complexity index is 217. The molecule has 1 aromatic heterocycles. The zero-order chi connectivity index (χ0) is 8.27. The molecule has 1 atom stereocenters. The van der Waals surface area contributed by atoms with Crippen LogP contribution in [0.3, 0.4) is 0 Å². The standard InChI is InChI=1S/C8H15N3/c1-7(3-4-9)8-5-10-11(2)6-8/h5-7H,3-4,9H2,1-2H3. The number of aryl methyl sites for hydroxylation is 1. The van der Waals surface area contributed by atoms with E-state index in [1.165, 1.54) is 5.56 Å². The van der Waals surface area contributed by atoms with Crippen LogP contribution in [0.4, 0.5) is 0 Å². The van der Waals surface area contributed by atoms with E-state index < -0.39 is 0 Å². The number of nitrogens with two attached hydrogens (primary N) is 1. The molecule has 0 spiro atoms. The molecule has 0 saturated carbocycles. The third-order valence-electron chi connectivity index (χ3n) is 1.89. The summed E-state index contributed by atoms with van der Waals surface area (Å²) in [5.74, 6) is 0.536. The van der Waals surface area contributed by atoms with Crippen molar-refractivity contribution >= 4 is 0 Å². The second-order valence-electron chi connectivity index (χ2n) is 2.93. The molecule has 0 amide bonds. The molecule has 0 saturated heterocycles. The summed E-state index contributed by atoms with van der Waals surface area (Å²) in [6.07, 6.45) is 4.98. The molecule has 1 rings (SSSR count). The average Bonchev–Trinajstić information content (AvgIpc) is 2.36. The van der Waals surface area contributed by atoms with Gasteiger partial charge in [-0.05, 0) is 24.4 Å². The highest BCUT2D eigenvalue weighted by Crippen LogP contribution is 2.16. The fourth-order valence-electron chi connectivity index (χ4n) is 1.11. The van der Waals surface area contributed by atoms with E-state index in [4.69, 9.17) is 5.73 Å². The van der Waals surface area contributed by atoms with Crippen molar-refractivity contribution in [2.75, 3.05) is 6.54 Å². The Hall–Kier alpha value is -0.830. The molecule has 3 nitrogen and oxygen atoms in total. The summed E-state index contributed by atoms with van der Waals surface area (Å²) in [7, 11) is 1.93. The van der Waals surface area contributed by atoms with Crippen LogP contribution in [-0.4, -0.2) is 16.3 Å². The molecule has 2 N–H and O–H groups in total. The number of hydrogen-bond donors (Lipinski definition) is 1. The highest BCUT2D eigenvalue weighted by atomic mass is 15.2. The first-order chi connectivity index (χ1) is 5.24. The van der Waals surface area contributed by atoms with Gasteiger partial charge in [0.25, 0.3) is 0 Å². The minimum Gasteiger partial charge on any atom is -0.330 e. The van der Waals surface area contributed by atoms with Gasteiger partial charge in [0.1, 0.15) is 0 Å². The van der Waals surface area contributed by atoms with E-state index in [1.807, 2.05) is 24.1 Å². The normalized spacial score (nSPS) is 13.4. The Morgan fingerprint density at radius 1 is 1.73 bits per heavy atom. The predicted octanol–water partition coefficient (Wildman–Crippen LogP) is 0.872. The zero-order valence-corrected chi connectivity index (χ0v) is 7.12. The van der Waals surface area contributed by atoms with Gasteiger partial charge in [0.2, 0.25) is 0 Å². The molecule has 1 heterocycles. The van der Waals surface area contributed by atoms with Gasteiger partial charge in [0.05, 0.1) is 6.20 Å². The number of aromatic nitrogens is 2. The van der Waals surface area contributed by atoms with Crippen molar-refractivity contribution in [2.45, 2.75) is 19.3 Å². The van der Waals surface area contributed by atoms with Gasteiger partial charge in [-0.25, -0.2) is 0 Å². The van der Waals surface area contributed by atoms with Crippen molar-refractivity contribution in [3.05, 3.63) is 18.0 Å². The van der Waals surface area contributed by atoms with E-state index in [0.717, 1.165) is 13.0 Å². The minimum absolute atomic E-state index is 0.536. The molecule has 0 aliphatic heterocycles. The fraction of sp³-hybridized carbons (Fsp3) is 0.625. The van der Waals surface area contributed by atoms with Crippen LogP contribution in [0.15, 0.2) is 12.4 Å². The van der Waals surface area contributed by atoms with Crippen molar-refractivity contribution in [2.24, 2.45) is 12.8 Å². The van der Waals surface area contributed by atoms with Crippen LogP contribution in [0.25, 0.3) is 0 Å². The molecule has 1 unspecified atom stereocenters. The maximum absolute atomic E-state index is 5.45. The van der Waals surface area contributed by atoms with Gasteiger partial charge in [-0.3, -0.25) is 4.68 Å². The van der Waals surface area contributed by atoms with E-state index >= 15 is 0 Å². The largest absolute Gasteiger partial charge is 0.330 e. The molecule has 3 heteroatoms. The molecular weight excluding hydrogens is 138 g/mol. The third kappa shape index (κ3) is 2.05. The van der Waals surface area contributed by atoms with Crippen molar-refractivity contribution in [3.63, 3.8) is 0 Å². The van der Waals surface area contributed by atoms with Crippen molar-refractivity contribution in [1.82, 2.24) is 9.78 Å². The summed E-state index contributed by atoms with van der Waals surface area (Å²) < 4.78 is 1.82. The van der Waals surface area contributed by atoms with Crippen LogP contribution >= 0.6 is 0 Å². The summed E-state index contributed by atoms with van der Waals surface area (Å²) in [5.41, 5.74) is 6.72. The fourth-order valence-corrected chi connectivity index (χ4v) is 1.11. The second-order valence-corrected chi connectivity index (χ2v) is 2.93. The molecule has 0 aliphatic rings. The first kappa shape index (κ1) is 8.27. The minimum atomic E-state index is 0.536. The summed E-state index contributed by atoms with van der Waals surface area (Å²) >= 11 is 0. The highest BCUT2D eigenvalue weighted by molar-refractivity contribution is 5.09. The summed E-state index contributed by atoms with van der Waals surface area (Å²) in [6.45, 7) is 2.92. The van der Waals surface area contributed by atoms with Crippen molar-refractivity contribution in [1.29, 1.82) is 0 Å². The summed E-state index contributed by atoms with van der Waals surface area (Å²) in [5, 5.41) is 4.10. The van der Waals surface area contributed by atoms with Gasteiger partial charge in [0, 0.05) is 13.2 Å². The second kappa shape index (κ2) is 3.53. The third-order valence-corrected chi connectivity index (χ3v) is 1.89. The van der Waals surface area contributed by atoms with E-state index in [0.29, 0.717) is 5.92 Å². The Morgan fingerprint density at radius 2 is 2.45 bits per heavy atom. The van der Waals surface area contributed by atoms with Gasteiger partial charge in [-0.1, -0.05) is 6.92 Å². The lowest BCUT2D eigenvalue weighted by Crippen LogP contribution is -2.03. The Balaban J connectivity index is 2.60. The molecular formula is C8H15N3. The monoisotopic (exact) mass is 153 g/mol. The van der Waals surface area contributed by atoms with Crippen molar-refractivity contribution < 1.29 is 0 Å². The maximum atomic E-state index is 5.45. The Morgan fingerprint density at radius 3 is 2.91 bits per heavy atom. The van der Waals surface area contributed by atoms with Crippen LogP contribution < -0.4 is 5.73 Å². The zero-order valence-electron chi connectivity index (χ0n) is 7.12. The van der Waals surface area contributed by atoms with Crippen LogP contribution in [0.2, 0.25) is 0 Å². The van der Waals surface area contributed by atoms with Crippen LogP contribution in [-0.2, 0) is 7.05 Å². The van der Waals surface area contributed by atoms with Gasteiger partial charge in [-0.15, -0.1) is 0 Å². The summed E-state index contributed by atoms with van der Waals surface area (Å²) in [4.78, 5) is 0. The first-order valence-corrected chi connectivity index (χ1v) is 3.92. The molecule has 11 heavy (non-hydrogen) atoms. The van der Waals surface area contributed by atoms with Crippen LogP contribution in [0.5, 0.6) is 0 Å². The van der Waals surface area contributed by atoms with E-state index in [9.17, 15) is 0 Å². The molecule has 0 aromatic carbocycles. The molecule has 0 bridgehead atoms. The first-order valence-electron chi connectivity index (χ1n) is 3.92. The Kier molecular flexibility index (Phi) is 2.65. The Labute approximate surface area is 67.2 Å². The molecule has 0 aliphatic carbocycles. The topological polar surface area (TPSA) is 43.8 Å². The van der Waals surface area contributed by atoms with Gasteiger partial charge in [-0.2, -0.15) is 5.10 Å². The lowest BCUT2D eigenvalue weighted by molar-refractivity contribution is 0.688. The van der Waals surface area contributed by atoms with Crippen LogP contribution in [0.1, 0.15) is 24.8 Å². The SMILES string of the molecule is CC(CCN)c1cnn(C)c1. The molecule has 1 aromatic rings. The van der Waals surface area contributed by atoms with Gasteiger partial charge >= 0.3 is 0 Å². The molecule has 62 valence electrons. The van der Waals surface area contributed by atoms with E-state index in [2.05, 4.69) is 12.0 Å². The van der Waals surface area contributed by atoms with E-state index in [-0.39, 0.29) is 0 Å². The number of nitrogens with zero attached hydrogens (tertiary/aromatic N) is 2. The van der Waals surface area contributed by atoms with E-state index in [1.54, 1.807) is 0 Å². The maximum Gasteiger partial charge on any atom is 0.0524 e. The summed E-state index contributed by atoms with van der Waals surface area (Å²) in [6, 6.07) is 0. The predicted molar refractivity (Wildman–Crippen MR) is 45.3 cm³/mol. The number of hydrogen-bond acceptors (Lipinski definition) is 2. The molecule has 0 radical (unpaired) electrons. The quantitative estimate of drug-likeness (QED) is 0.700. The highest BCUT2D eigenvalue weighted by Gasteiger charge is 2.05. The van der Waals surface area contributed by atoms with Gasteiger partial charge < -0.3 is 5.73 Å². The smallest absolute Gasteiger partial charge is 0.0524 e. The lowest BCUT2D eigenvalue weighted by Gasteiger charge is -2.05. The molecule has 0 fully saturated rings. The van der Waals surface area contributed by atoms with Crippen molar-refractivity contribution in [3.8, 4) is 0 Å². The van der Waals surface area contributed by atoms with Crippen LogP contribution in [0, 0.1) is 0 Å². The lowest BCUT2D eigenvalue weighted by atomic mass is 10.0. The average molecular weight is 153 g/mol. The van der Waals surface area contributed by atoms with Gasteiger partial charge in [0.15, 0.2) is 0 Å².